The molecule has 2 aromatic rings. The van der Waals surface area contributed by atoms with Crippen molar-refractivity contribution in [3.05, 3.63) is 35.0 Å². The Balaban J connectivity index is 2.36. The quantitative estimate of drug-likeness (QED) is 0.695. The van der Waals surface area contributed by atoms with Crippen molar-refractivity contribution in [2.45, 2.75) is 19.1 Å². The molecule has 0 unspecified atom stereocenters. The van der Waals surface area contributed by atoms with Crippen molar-refractivity contribution in [2.24, 2.45) is 0 Å². The molecule has 0 bridgehead atoms. The van der Waals surface area contributed by atoms with Gasteiger partial charge in [0, 0.05) is 22.3 Å². The summed E-state index contributed by atoms with van der Waals surface area (Å²) in [5.74, 6) is 2.44. The van der Waals surface area contributed by atoms with Crippen LogP contribution in [-0.2, 0) is 12.2 Å². The lowest BCUT2D eigenvalue weighted by Gasteiger charge is -2.09. The van der Waals surface area contributed by atoms with Crippen LogP contribution in [0.1, 0.15) is 16.8 Å². The Kier molecular flexibility index (Phi) is 1.84. The van der Waals surface area contributed by atoms with Gasteiger partial charge in [-0.05, 0) is 30.2 Å². The summed E-state index contributed by atoms with van der Waals surface area (Å²) >= 11 is 2.04. The number of hydrogen-bond donors (Lipinski definition) is 1. The lowest BCUT2D eigenvalue weighted by atomic mass is 10.1. The molecule has 1 N–H and O–H groups in total. The van der Waals surface area contributed by atoms with E-state index in [4.69, 9.17) is 0 Å². The van der Waals surface area contributed by atoms with Gasteiger partial charge in [0.2, 0.25) is 0 Å². The minimum absolute atomic E-state index is 1.18. The van der Waals surface area contributed by atoms with Gasteiger partial charge in [0.15, 0.2) is 0 Å². The average molecular weight is 203 g/mol. The molecule has 0 atom stereocenters. The van der Waals surface area contributed by atoms with Gasteiger partial charge in [-0.2, -0.15) is 11.8 Å². The van der Waals surface area contributed by atoms with E-state index >= 15 is 0 Å². The highest BCUT2D eigenvalue weighted by atomic mass is 32.2. The summed E-state index contributed by atoms with van der Waals surface area (Å²) in [4.78, 5) is 3.57. The van der Waals surface area contributed by atoms with E-state index in [0.29, 0.717) is 0 Å². The molecule has 0 saturated heterocycles. The summed E-state index contributed by atoms with van der Waals surface area (Å²) in [6, 6.07) is 6.58. The summed E-state index contributed by atoms with van der Waals surface area (Å²) in [5.41, 5.74) is 5.72. The molecule has 1 nitrogen and oxygen atoms in total. The van der Waals surface area contributed by atoms with Crippen molar-refractivity contribution in [3.63, 3.8) is 0 Å². The molecule has 0 fully saturated rings. The van der Waals surface area contributed by atoms with Gasteiger partial charge in [0.25, 0.3) is 0 Å². The standard InChI is InChI=1S/C12H13NS/c1-8-3-2-4-9-10-7-14-6-5-11(10)13-12(8)9/h2-4,13H,5-7H2,1H3. The van der Waals surface area contributed by atoms with Gasteiger partial charge in [0.1, 0.15) is 0 Å². The van der Waals surface area contributed by atoms with E-state index in [-0.39, 0.29) is 0 Å². The largest absolute Gasteiger partial charge is 0.358 e. The molecule has 2 heteroatoms. The topological polar surface area (TPSA) is 15.8 Å². The molecule has 2 heterocycles. The number of thioether (sulfide) groups is 1. The van der Waals surface area contributed by atoms with Crippen LogP contribution in [-0.4, -0.2) is 10.7 Å². The Labute approximate surface area is 87.9 Å². The van der Waals surface area contributed by atoms with Crippen LogP contribution in [0.5, 0.6) is 0 Å². The van der Waals surface area contributed by atoms with Gasteiger partial charge in [-0.15, -0.1) is 0 Å². The Bertz CT molecular complexity index is 484. The second-order valence-corrected chi connectivity index (χ2v) is 4.99. The van der Waals surface area contributed by atoms with Gasteiger partial charge >= 0.3 is 0 Å². The van der Waals surface area contributed by atoms with Gasteiger partial charge in [-0.3, -0.25) is 0 Å². The molecule has 0 saturated carbocycles. The number of para-hydroxylation sites is 1. The molecular weight excluding hydrogens is 190 g/mol. The summed E-state index contributed by atoms with van der Waals surface area (Å²) < 4.78 is 0. The lowest BCUT2D eigenvalue weighted by Crippen LogP contribution is -1.99. The molecule has 1 aromatic carbocycles. The SMILES string of the molecule is Cc1cccc2c3c([nH]c12)CCSC3. The zero-order valence-electron chi connectivity index (χ0n) is 8.26. The number of aryl methyl sites for hydroxylation is 2. The number of hydrogen-bond acceptors (Lipinski definition) is 1. The zero-order valence-corrected chi connectivity index (χ0v) is 9.08. The first-order valence-corrected chi connectivity index (χ1v) is 6.18. The first-order valence-electron chi connectivity index (χ1n) is 5.03. The molecule has 14 heavy (non-hydrogen) atoms. The maximum absolute atomic E-state index is 3.57. The molecule has 0 aliphatic carbocycles. The molecule has 72 valence electrons. The number of nitrogens with one attached hydrogen (secondary N) is 1. The molecule has 1 aliphatic rings. The third kappa shape index (κ3) is 1.10. The van der Waals surface area contributed by atoms with E-state index in [9.17, 15) is 0 Å². The summed E-state index contributed by atoms with van der Waals surface area (Å²) in [6.45, 7) is 2.18. The van der Waals surface area contributed by atoms with Gasteiger partial charge in [0.05, 0.1) is 0 Å². The van der Waals surface area contributed by atoms with Crippen LogP contribution in [0.15, 0.2) is 18.2 Å². The molecule has 1 aromatic heterocycles. The molecular formula is C12H13NS. The molecule has 3 rings (SSSR count). The van der Waals surface area contributed by atoms with Gasteiger partial charge in [-0.1, -0.05) is 18.2 Å². The Morgan fingerprint density at radius 3 is 3.21 bits per heavy atom. The molecule has 1 aliphatic heterocycles. The fraction of sp³-hybridized carbons (Fsp3) is 0.333. The van der Waals surface area contributed by atoms with Crippen LogP contribution in [0.4, 0.5) is 0 Å². The summed E-state index contributed by atoms with van der Waals surface area (Å²) in [7, 11) is 0. The highest BCUT2D eigenvalue weighted by molar-refractivity contribution is 7.98. The summed E-state index contributed by atoms with van der Waals surface area (Å²) in [6.07, 6.45) is 1.20. The lowest BCUT2D eigenvalue weighted by molar-refractivity contribution is 1.04. The van der Waals surface area contributed by atoms with Crippen LogP contribution in [0.3, 0.4) is 0 Å². The first kappa shape index (κ1) is 8.42. The number of benzene rings is 1. The fourth-order valence-corrected chi connectivity index (χ4v) is 3.23. The van der Waals surface area contributed by atoms with Crippen LogP contribution in [0.25, 0.3) is 10.9 Å². The van der Waals surface area contributed by atoms with E-state index in [1.54, 1.807) is 5.56 Å². The summed E-state index contributed by atoms with van der Waals surface area (Å²) in [5, 5.41) is 1.44. The highest BCUT2D eigenvalue weighted by Gasteiger charge is 2.15. The second-order valence-electron chi connectivity index (χ2n) is 3.88. The average Bonchev–Trinajstić information content (AvgIpc) is 2.59. The van der Waals surface area contributed by atoms with Gasteiger partial charge < -0.3 is 4.98 Å². The van der Waals surface area contributed by atoms with E-state index in [2.05, 4.69) is 30.1 Å². The Morgan fingerprint density at radius 1 is 1.36 bits per heavy atom. The molecule has 0 amide bonds. The van der Waals surface area contributed by atoms with Crippen molar-refractivity contribution < 1.29 is 0 Å². The van der Waals surface area contributed by atoms with Crippen LogP contribution in [0, 0.1) is 6.92 Å². The third-order valence-corrected chi connectivity index (χ3v) is 3.97. The minimum Gasteiger partial charge on any atom is -0.358 e. The number of rotatable bonds is 0. The van der Waals surface area contributed by atoms with Crippen molar-refractivity contribution in [2.75, 3.05) is 5.75 Å². The Hall–Kier alpha value is -0.890. The van der Waals surface area contributed by atoms with E-state index in [1.807, 2.05) is 11.8 Å². The van der Waals surface area contributed by atoms with E-state index in [0.717, 1.165) is 0 Å². The maximum Gasteiger partial charge on any atom is 0.0488 e. The zero-order chi connectivity index (χ0) is 9.54. The number of fused-ring (bicyclic) bond motifs is 3. The van der Waals surface area contributed by atoms with Crippen LogP contribution >= 0.6 is 11.8 Å². The first-order chi connectivity index (χ1) is 6.86. The monoisotopic (exact) mass is 203 g/mol. The Morgan fingerprint density at radius 2 is 2.29 bits per heavy atom. The van der Waals surface area contributed by atoms with Crippen molar-refractivity contribution >= 4 is 22.7 Å². The van der Waals surface area contributed by atoms with Crippen LogP contribution < -0.4 is 0 Å². The predicted octanol–water partition coefficient (Wildman–Crippen LogP) is 3.27. The highest BCUT2D eigenvalue weighted by Crippen LogP contribution is 2.32. The predicted molar refractivity (Wildman–Crippen MR) is 62.9 cm³/mol. The number of aromatic nitrogens is 1. The molecule has 0 spiro atoms. The van der Waals surface area contributed by atoms with Crippen molar-refractivity contribution in [3.8, 4) is 0 Å². The van der Waals surface area contributed by atoms with Crippen molar-refractivity contribution in [1.29, 1.82) is 0 Å². The van der Waals surface area contributed by atoms with Crippen LogP contribution in [0.2, 0.25) is 0 Å². The molecule has 0 radical (unpaired) electrons. The fourth-order valence-electron chi connectivity index (χ4n) is 2.20. The number of aromatic amines is 1. The van der Waals surface area contributed by atoms with E-state index < -0.39 is 0 Å². The minimum atomic E-state index is 1.18. The van der Waals surface area contributed by atoms with Crippen molar-refractivity contribution in [1.82, 2.24) is 4.98 Å². The van der Waals surface area contributed by atoms with Gasteiger partial charge in [-0.25, -0.2) is 0 Å². The normalized spacial score (nSPS) is 15.8. The third-order valence-electron chi connectivity index (χ3n) is 2.98. The maximum atomic E-state index is 3.57. The smallest absolute Gasteiger partial charge is 0.0488 e. The number of H-pyrrole nitrogens is 1. The van der Waals surface area contributed by atoms with E-state index in [1.165, 1.54) is 40.1 Å². The second kappa shape index (κ2) is 3.06.